The SMILES string of the molecule is CCCCc1nc(-c2ccc(F)cc2)c(C(=O)N2CCCC2)n1Cc1ccc(-c2ccccc2-c2nnn[nH]2)cc1. The molecule has 0 unspecified atom stereocenters. The number of benzene rings is 3. The molecule has 5 aromatic rings. The number of nitrogens with zero attached hydrogens (tertiary/aromatic N) is 6. The Balaban J connectivity index is 1.39. The summed E-state index contributed by atoms with van der Waals surface area (Å²) in [7, 11) is 0. The normalized spacial score (nSPS) is 13.2. The third-order valence-electron chi connectivity index (χ3n) is 7.65. The van der Waals surface area contributed by atoms with Crippen LogP contribution in [0.15, 0.2) is 72.8 Å². The lowest BCUT2D eigenvalue weighted by atomic mass is 9.98. The number of carbonyl (C=O) groups is 1. The summed E-state index contributed by atoms with van der Waals surface area (Å²) in [6.45, 7) is 4.14. The van der Waals surface area contributed by atoms with Crippen molar-refractivity contribution >= 4 is 5.91 Å². The molecule has 1 amide bonds. The summed E-state index contributed by atoms with van der Waals surface area (Å²) in [4.78, 5) is 20.9. The number of amides is 1. The number of H-pyrrole nitrogens is 1. The number of aryl methyl sites for hydroxylation is 1. The average molecular weight is 550 g/mol. The van der Waals surface area contributed by atoms with Gasteiger partial charge in [-0.3, -0.25) is 4.79 Å². The van der Waals surface area contributed by atoms with E-state index in [2.05, 4.69) is 56.4 Å². The number of aromatic amines is 1. The van der Waals surface area contributed by atoms with Crippen LogP contribution >= 0.6 is 0 Å². The van der Waals surface area contributed by atoms with E-state index in [1.54, 1.807) is 12.1 Å². The first-order valence-electron chi connectivity index (χ1n) is 14.2. The molecule has 2 aromatic heterocycles. The van der Waals surface area contributed by atoms with Gasteiger partial charge < -0.3 is 9.47 Å². The summed E-state index contributed by atoms with van der Waals surface area (Å²) in [5.74, 6) is 1.17. The molecular weight excluding hydrogens is 517 g/mol. The van der Waals surface area contributed by atoms with Crippen LogP contribution in [0.25, 0.3) is 33.8 Å². The fraction of sp³-hybridized carbons (Fsp3) is 0.281. The van der Waals surface area contributed by atoms with Crippen molar-refractivity contribution in [3.63, 3.8) is 0 Å². The number of unbranched alkanes of at least 4 members (excludes halogenated alkanes) is 1. The second-order valence-electron chi connectivity index (χ2n) is 10.4. The maximum atomic E-state index is 14.0. The van der Waals surface area contributed by atoms with Gasteiger partial charge in [-0.15, -0.1) is 5.10 Å². The van der Waals surface area contributed by atoms with Gasteiger partial charge in [-0.1, -0.05) is 61.9 Å². The molecule has 0 bridgehead atoms. The first-order chi connectivity index (χ1) is 20.1. The van der Waals surface area contributed by atoms with E-state index < -0.39 is 0 Å². The van der Waals surface area contributed by atoms with Crippen molar-refractivity contribution in [1.29, 1.82) is 0 Å². The van der Waals surface area contributed by atoms with Crippen LogP contribution in [0.5, 0.6) is 0 Å². The number of carbonyl (C=O) groups excluding carboxylic acids is 1. The van der Waals surface area contributed by atoms with Crippen LogP contribution in [0, 0.1) is 5.82 Å². The molecule has 8 nitrogen and oxygen atoms in total. The predicted molar refractivity (Wildman–Crippen MR) is 156 cm³/mol. The third kappa shape index (κ3) is 5.52. The number of hydrogen-bond acceptors (Lipinski definition) is 5. The van der Waals surface area contributed by atoms with E-state index in [0.717, 1.165) is 78.8 Å². The molecule has 0 saturated carbocycles. The summed E-state index contributed by atoms with van der Waals surface area (Å²) < 4.78 is 15.9. The predicted octanol–water partition coefficient (Wildman–Crippen LogP) is 6.16. The standard InChI is InChI=1S/C32H32FN7O/c1-2-3-10-28-34-29(24-15-17-25(33)18-16-24)30(32(41)39-19-6-7-20-39)40(28)21-22-11-13-23(14-12-22)26-8-4-5-9-27(26)31-35-37-38-36-31/h4-5,8-9,11-18H,2-3,6-7,10,19-21H2,1H3,(H,35,36,37,38). The minimum absolute atomic E-state index is 0.0108. The van der Waals surface area contributed by atoms with Gasteiger partial charge in [-0.2, -0.15) is 0 Å². The zero-order valence-electron chi connectivity index (χ0n) is 23.1. The fourth-order valence-corrected chi connectivity index (χ4v) is 5.48. The largest absolute Gasteiger partial charge is 0.337 e. The highest BCUT2D eigenvalue weighted by atomic mass is 19.1. The quantitative estimate of drug-likeness (QED) is 0.238. The van der Waals surface area contributed by atoms with Crippen molar-refractivity contribution in [2.24, 2.45) is 0 Å². The Bertz CT molecular complexity index is 1620. The molecule has 3 heterocycles. The lowest BCUT2D eigenvalue weighted by molar-refractivity contribution is 0.0783. The van der Waals surface area contributed by atoms with Crippen molar-refractivity contribution in [3.8, 4) is 33.8 Å². The highest BCUT2D eigenvalue weighted by Crippen LogP contribution is 2.31. The number of imidazole rings is 1. The molecule has 3 aromatic carbocycles. The molecule has 6 rings (SSSR count). The van der Waals surface area contributed by atoms with Crippen LogP contribution in [-0.4, -0.2) is 54.1 Å². The van der Waals surface area contributed by atoms with Gasteiger partial charge in [0, 0.05) is 37.2 Å². The van der Waals surface area contributed by atoms with Gasteiger partial charge in [-0.05, 0) is 70.6 Å². The van der Waals surface area contributed by atoms with Crippen molar-refractivity contribution in [1.82, 2.24) is 35.1 Å². The van der Waals surface area contributed by atoms with E-state index in [0.29, 0.717) is 23.8 Å². The maximum Gasteiger partial charge on any atom is 0.272 e. The molecule has 0 aliphatic carbocycles. The number of hydrogen-bond donors (Lipinski definition) is 1. The molecule has 208 valence electrons. The van der Waals surface area contributed by atoms with Crippen molar-refractivity contribution in [3.05, 3.63) is 95.7 Å². The summed E-state index contributed by atoms with van der Waals surface area (Å²) in [5, 5.41) is 14.4. The van der Waals surface area contributed by atoms with Crippen molar-refractivity contribution < 1.29 is 9.18 Å². The van der Waals surface area contributed by atoms with Crippen LogP contribution in [-0.2, 0) is 13.0 Å². The summed E-state index contributed by atoms with van der Waals surface area (Å²) in [6, 6.07) is 22.6. The lowest BCUT2D eigenvalue weighted by Gasteiger charge is -2.19. The fourth-order valence-electron chi connectivity index (χ4n) is 5.48. The molecule has 9 heteroatoms. The Labute approximate surface area is 238 Å². The van der Waals surface area contributed by atoms with Crippen LogP contribution in [0.4, 0.5) is 4.39 Å². The summed E-state index contributed by atoms with van der Waals surface area (Å²) in [5.41, 5.74) is 5.99. The van der Waals surface area contributed by atoms with Gasteiger partial charge in [-0.25, -0.2) is 14.5 Å². The number of nitrogens with one attached hydrogen (secondary N) is 1. The van der Waals surface area contributed by atoms with Gasteiger partial charge in [0.2, 0.25) is 0 Å². The van der Waals surface area contributed by atoms with Gasteiger partial charge in [0.1, 0.15) is 23.0 Å². The van der Waals surface area contributed by atoms with Crippen molar-refractivity contribution in [2.45, 2.75) is 45.6 Å². The highest BCUT2D eigenvalue weighted by Gasteiger charge is 2.29. The molecule has 1 saturated heterocycles. The van der Waals surface area contributed by atoms with Gasteiger partial charge >= 0.3 is 0 Å². The second kappa shape index (κ2) is 11.8. The minimum atomic E-state index is -0.312. The van der Waals surface area contributed by atoms with Gasteiger partial charge in [0.25, 0.3) is 5.91 Å². The molecule has 1 fully saturated rings. The summed E-state index contributed by atoms with van der Waals surface area (Å²) in [6.07, 6.45) is 4.74. The number of aromatic nitrogens is 6. The Hall–Kier alpha value is -4.66. The number of likely N-dealkylation sites (tertiary alicyclic amines) is 1. The Morgan fingerprint density at radius 2 is 1.63 bits per heavy atom. The first-order valence-corrected chi connectivity index (χ1v) is 14.2. The molecule has 0 spiro atoms. The second-order valence-corrected chi connectivity index (χ2v) is 10.4. The number of tetrazole rings is 1. The van der Waals surface area contributed by atoms with E-state index in [-0.39, 0.29) is 11.7 Å². The van der Waals surface area contributed by atoms with Crippen LogP contribution in [0.2, 0.25) is 0 Å². The Morgan fingerprint density at radius 3 is 2.32 bits per heavy atom. The lowest BCUT2D eigenvalue weighted by Crippen LogP contribution is -2.30. The van der Waals surface area contributed by atoms with Crippen LogP contribution < -0.4 is 0 Å². The molecule has 0 radical (unpaired) electrons. The average Bonchev–Trinajstić information content (AvgIpc) is 3.79. The van der Waals surface area contributed by atoms with E-state index in [1.165, 1.54) is 12.1 Å². The zero-order valence-corrected chi connectivity index (χ0v) is 23.1. The minimum Gasteiger partial charge on any atom is -0.337 e. The Kier molecular flexibility index (Phi) is 7.67. The van der Waals surface area contributed by atoms with Gasteiger partial charge in [0.05, 0.1) is 0 Å². The molecule has 1 aliphatic heterocycles. The maximum absolute atomic E-state index is 14.0. The van der Waals surface area contributed by atoms with Crippen LogP contribution in [0.3, 0.4) is 0 Å². The zero-order chi connectivity index (χ0) is 28.2. The monoisotopic (exact) mass is 549 g/mol. The third-order valence-corrected chi connectivity index (χ3v) is 7.65. The summed E-state index contributed by atoms with van der Waals surface area (Å²) >= 11 is 0. The number of halogens is 1. The van der Waals surface area contributed by atoms with E-state index in [9.17, 15) is 9.18 Å². The van der Waals surface area contributed by atoms with E-state index in [1.807, 2.05) is 29.2 Å². The van der Waals surface area contributed by atoms with Gasteiger partial charge in [0.15, 0.2) is 5.82 Å². The molecule has 0 atom stereocenters. The molecule has 1 aliphatic rings. The van der Waals surface area contributed by atoms with E-state index >= 15 is 0 Å². The molecule has 1 N–H and O–H groups in total. The first kappa shape index (κ1) is 26.6. The molecule has 41 heavy (non-hydrogen) atoms. The topological polar surface area (TPSA) is 92.6 Å². The molecular formula is C32H32FN7O. The smallest absolute Gasteiger partial charge is 0.272 e. The van der Waals surface area contributed by atoms with Crippen LogP contribution in [0.1, 0.15) is 54.5 Å². The van der Waals surface area contributed by atoms with Crippen molar-refractivity contribution in [2.75, 3.05) is 13.1 Å². The van der Waals surface area contributed by atoms with E-state index in [4.69, 9.17) is 4.98 Å². The number of rotatable bonds is 9. The Morgan fingerprint density at radius 1 is 0.927 bits per heavy atom. The highest BCUT2D eigenvalue weighted by molar-refractivity contribution is 5.99.